The lowest BCUT2D eigenvalue weighted by atomic mass is 10.1. The Balaban J connectivity index is 3.06. The van der Waals surface area contributed by atoms with Crippen molar-refractivity contribution in [2.45, 2.75) is 33.2 Å². The van der Waals surface area contributed by atoms with E-state index in [4.69, 9.17) is 5.73 Å². The van der Waals surface area contributed by atoms with Gasteiger partial charge in [-0.1, -0.05) is 0 Å². The van der Waals surface area contributed by atoms with Gasteiger partial charge in [0.1, 0.15) is 0 Å². The second-order valence-electron chi connectivity index (χ2n) is 4.53. The molecule has 0 saturated carbocycles. The molecular weight excluding hydrogens is 188 g/mol. The zero-order chi connectivity index (χ0) is 11.6. The third-order valence-corrected chi connectivity index (χ3v) is 2.68. The summed E-state index contributed by atoms with van der Waals surface area (Å²) in [6.07, 6.45) is 0. The third kappa shape index (κ3) is 2.65. The van der Waals surface area contributed by atoms with Crippen LogP contribution in [0.4, 0.5) is 5.95 Å². The van der Waals surface area contributed by atoms with E-state index >= 15 is 0 Å². The van der Waals surface area contributed by atoms with Crippen molar-refractivity contribution in [1.82, 2.24) is 9.97 Å². The van der Waals surface area contributed by atoms with Gasteiger partial charge in [-0.3, -0.25) is 0 Å². The maximum atomic E-state index is 5.72. The monoisotopic (exact) mass is 208 g/mol. The van der Waals surface area contributed by atoms with E-state index in [9.17, 15) is 0 Å². The number of aryl methyl sites for hydroxylation is 2. The topological polar surface area (TPSA) is 55.0 Å². The van der Waals surface area contributed by atoms with E-state index in [2.05, 4.69) is 23.8 Å². The quantitative estimate of drug-likeness (QED) is 0.812. The summed E-state index contributed by atoms with van der Waals surface area (Å²) in [4.78, 5) is 10.8. The summed E-state index contributed by atoms with van der Waals surface area (Å²) < 4.78 is 0. The number of hydrogen-bond acceptors (Lipinski definition) is 4. The third-order valence-electron chi connectivity index (χ3n) is 2.68. The normalized spacial score (nSPS) is 11.6. The Morgan fingerprint density at radius 1 is 1.27 bits per heavy atom. The first-order valence-corrected chi connectivity index (χ1v) is 5.13. The molecule has 0 radical (unpaired) electrons. The molecule has 4 heteroatoms. The highest BCUT2D eigenvalue weighted by Gasteiger charge is 2.23. The SMILES string of the molecule is Cc1cc(C)nc(N(C)C(C)(C)CN)n1. The molecule has 0 atom stereocenters. The summed E-state index contributed by atoms with van der Waals surface area (Å²) in [5, 5.41) is 0. The van der Waals surface area contributed by atoms with Crippen LogP contribution < -0.4 is 10.6 Å². The van der Waals surface area contributed by atoms with Gasteiger partial charge in [0, 0.05) is 30.5 Å². The summed E-state index contributed by atoms with van der Waals surface area (Å²) in [6, 6.07) is 1.97. The average molecular weight is 208 g/mol. The molecule has 2 N–H and O–H groups in total. The lowest BCUT2D eigenvalue weighted by Crippen LogP contribution is -2.48. The first kappa shape index (κ1) is 11.9. The minimum absolute atomic E-state index is 0.125. The highest BCUT2D eigenvalue weighted by molar-refractivity contribution is 5.34. The smallest absolute Gasteiger partial charge is 0.225 e. The number of anilines is 1. The number of nitrogens with two attached hydrogens (primary N) is 1. The van der Waals surface area contributed by atoms with E-state index in [1.807, 2.05) is 31.9 Å². The van der Waals surface area contributed by atoms with Crippen molar-refractivity contribution in [1.29, 1.82) is 0 Å². The van der Waals surface area contributed by atoms with Gasteiger partial charge in [0.2, 0.25) is 5.95 Å². The van der Waals surface area contributed by atoms with Crippen LogP contribution in [-0.2, 0) is 0 Å². The predicted molar refractivity (Wildman–Crippen MR) is 63.0 cm³/mol. The van der Waals surface area contributed by atoms with Gasteiger partial charge in [-0.15, -0.1) is 0 Å². The molecule has 0 unspecified atom stereocenters. The van der Waals surface area contributed by atoms with Crippen LogP contribution in [-0.4, -0.2) is 29.1 Å². The second-order valence-corrected chi connectivity index (χ2v) is 4.53. The van der Waals surface area contributed by atoms with Crippen LogP contribution in [0.15, 0.2) is 6.07 Å². The van der Waals surface area contributed by atoms with Gasteiger partial charge in [-0.25, -0.2) is 9.97 Å². The minimum Gasteiger partial charge on any atom is -0.337 e. The predicted octanol–water partition coefficient (Wildman–Crippen LogP) is 1.27. The molecule has 0 fully saturated rings. The molecule has 1 heterocycles. The van der Waals surface area contributed by atoms with E-state index < -0.39 is 0 Å². The first-order valence-electron chi connectivity index (χ1n) is 5.13. The van der Waals surface area contributed by atoms with Crippen molar-refractivity contribution in [2.75, 3.05) is 18.5 Å². The van der Waals surface area contributed by atoms with Crippen molar-refractivity contribution in [3.05, 3.63) is 17.5 Å². The summed E-state index contributed by atoms with van der Waals surface area (Å²) >= 11 is 0. The zero-order valence-corrected chi connectivity index (χ0v) is 10.2. The molecule has 1 aromatic heterocycles. The number of hydrogen-bond donors (Lipinski definition) is 1. The Kier molecular flexibility index (Phi) is 3.29. The first-order chi connectivity index (χ1) is 6.86. The molecular formula is C11H20N4. The van der Waals surface area contributed by atoms with Gasteiger partial charge in [0.05, 0.1) is 0 Å². The van der Waals surface area contributed by atoms with Crippen molar-refractivity contribution >= 4 is 5.95 Å². The highest BCUT2D eigenvalue weighted by atomic mass is 15.3. The van der Waals surface area contributed by atoms with E-state index in [0.717, 1.165) is 17.3 Å². The molecule has 4 nitrogen and oxygen atoms in total. The lowest BCUT2D eigenvalue weighted by Gasteiger charge is -2.34. The summed E-state index contributed by atoms with van der Waals surface area (Å²) in [6.45, 7) is 8.67. The molecule has 0 aliphatic heterocycles. The molecule has 15 heavy (non-hydrogen) atoms. The van der Waals surface area contributed by atoms with Gasteiger partial charge in [0.25, 0.3) is 0 Å². The minimum atomic E-state index is -0.125. The van der Waals surface area contributed by atoms with Crippen molar-refractivity contribution in [2.24, 2.45) is 5.73 Å². The van der Waals surface area contributed by atoms with Crippen LogP contribution in [0, 0.1) is 13.8 Å². The van der Waals surface area contributed by atoms with Gasteiger partial charge in [-0.2, -0.15) is 0 Å². The van der Waals surface area contributed by atoms with Crippen LogP contribution in [0.2, 0.25) is 0 Å². The van der Waals surface area contributed by atoms with E-state index in [1.54, 1.807) is 0 Å². The van der Waals surface area contributed by atoms with E-state index in [0.29, 0.717) is 6.54 Å². The number of aromatic nitrogens is 2. The standard InChI is InChI=1S/C11H20N4/c1-8-6-9(2)14-10(13-8)15(5)11(3,4)7-12/h6H,7,12H2,1-5H3. The molecule has 0 aromatic carbocycles. The van der Waals surface area contributed by atoms with Gasteiger partial charge >= 0.3 is 0 Å². The lowest BCUT2D eigenvalue weighted by molar-refractivity contribution is 0.489. The average Bonchev–Trinajstić information content (AvgIpc) is 2.15. The highest BCUT2D eigenvalue weighted by Crippen LogP contribution is 2.17. The summed E-state index contributed by atoms with van der Waals surface area (Å²) in [5.41, 5.74) is 7.57. The van der Waals surface area contributed by atoms with Crippen LogP contribution in [0.5, 0.6) is 0 Å². The Bertz CT molecular complexity index is 326. The Morgan fingerprint density at radius 2 is 1.73 bits per heavy atom. The molecule has 84 valence electrons. The van der Waals surface area contributed by atoms with Crippen molar-refractivity contribution in [3.8, 4) is 0 Å². The molecule has 1 rings (SSSR count). The molecule has 0 amide bonds. The van der Waals surface area contributed by atoms with Gasteiger partial charge in [0.15, 0.2) is 0 Å². The van der Waals surface area contributed by atoms with Crippen LogP contribution in [0.1, 0.15) is 25.2 Å². The largest absolute Gasteiger partial charge is 0.337 e. The van der Waals surface area contributed by atoms with Crippen LogP contribution in [0.3, 0.4) is 0 Å². The van der Waals surface area contributed by atoms with E-state index in [-0.39, 0.29) is 5.54 Å². The molecule has 0 aliphatic carbocycles. The fraction of sp³-hybridized carbons (Fsp3) is 0.636. The van der Waals surface area contributed by atoms with Gasteiger partial charge < -0.3 is 10.6 Å². The fourth-order valence-corrected chi connectivity index (χ4v) is 1.26. The zero-order valence-electron chi connectivity index (χ0n) is 10.2. The summed E-state index contributed by atoms with van der Waals surface area (Å²) in [5.74, 6) is 0.739. The fourth-order valence-electron chi connectivity index (χ4n) is 1.26. The number of nitrogens with zero attached hydrogens (tertiary/aromatic N) is 3. The number of likely N-dealkylation sites (N-methyl/N-ethyl adjacent to an activating group) is 1. The Hall–Kier alpha value is -1.16. The van der Waals surface area contributed by atoms with Crippen molar-refractivity contribution < 1.29 is 0 Å². The van der Waals surface area contributed by atoms with E-state index in [1.165, 1.54) is 0 Å². The summed E-state index contributed by atoms with van der Waals surface area (Å²) in [7, 11) is 1.97. The Morgan fingerprint density at radius 3 is 2.13 bits per heavy atom. The second kappa shape index (κ2) is 4.14. The molecule has 1 aromatic rings. The molecule has 0 bridgehead atoms. The van der Waals surface area contributed by atoms with Crippen molar-refractivity contribution in [3.63, 3.8) is 0 Å². The van der Waals surface area contributed by atoms with Crippen LogP contribution >= 0.6 is 0 Å². The number of rotatable bonds is 3. The maximum absolute atomic E-state index is 5.72. The molecule has 0 saturated heterocycles. The van der Waals surface area contributed by atoms with Gasteiger partial charge in [-0.05, 0) is 33.8 Å². The van der Waals surface area contributed by atoms with Crippen LogP contribution in [0.25, 0.3) is 0 Å². The Labute approximate surface area is 91.5 Å². The maximum Gasteiger partial charge on any atom is 0.225 e. The molecule has 0 aliphatic rings. The molecule has 0 spiro atoms.